The predicted molar refractivity (Wildman–Crippen MR) is 92.3 cm³/mol. The van der Waals surface area contributed by atoms with Crippen molar-refractivity contribution in [2.24, 2.45) is 16.6 Å². The van der Waals surface area contributed by atoms with Crippen LogP contribution in [0.4, 0.5) is 0 Å². The molecule has 1 aromatic rings. The lowest BCUT2D eigenvalue weighted by Gasteiger charge is -2.20. The minimum Gasteiger partial charge on any atom is -0.496 e. The summed E-state index contributed by atoms with van der Waals surface area (Å²) in [4.78, 5) is 7.74. The number of hydrogen-bond donors (Lipinski definition) is 1. The number of benzene rings is 1. The number of nitrogens with zero attached hydrogens (tertiary/aromatic N) is 2. The largest absolute Gasteiger partial charge is 0.496 e. The number of nitrogens with two attached hydrogens (primary N) is 1. The highest BCUT2D eigenvalue weighted by molar-refractivity contribution is 7.99. The van der Waals surface area contributed by atoms with Gasteiger partial charge in [0.15, 0.2) is 5.96 Å². The van der Waals surface area contributed by atoms with E-state index in [1.807, 2.05) is 18.2 Å². The topological polar surface area (TPSA) is 50.8 Å². The predicted octanol–water partition coefficient (Wildman–Crippen LogP) is 3.08. The highest BCUT2D eigenvalue weighted by Crippen LogP contribution is 2.29. The molecule has 4 nitrogen and oxygen atoms in total. The van der Waals surface area contributed by atoms with E-state index in [0.717, 1.165) is 31.1 Å². The molecular formula is C16H27N3OS. The number of hydrogen-bond acceptors (Lipinski definition) is 3. The molecule has 1 aromatic carbocycles. The van der Waals surface area contributed by atoms with Gasteiger partial charge in [0.1, 0.15) is 5.75 Å². The fourth-order valence-corrected chi connectivity index (χ4v) is 2.96. The van der Waals surface area contributed by atoms with Crippen LogP contribution in [0, 0.1) is 5.92 Å². The van der Waals surface area contributed by atoms with E-state index in [0.29, 0.717) is 11.9 Å². The summed E-state index contributed by atoms with van der Waals surface area (Å²) in [6.07, 6.45) is 0. The van der Waals surface area contributed by atoms with E-state index in [4.69, 9.17) is 10.5 Å². The normalized spacial score (nSPS) is 13.0. The molecule has 0 aliphatic rings. The number of guanidine groups is 1. The van der Waals surface area contributed by atoms with Crippen LogP contribution in [0.2, 0.25) is 0 Å². The summed E-state index contributed by atoms with van der Waals surface area (Å²) in [6.45, 7) is 8.93. The van der Waals surface area contributed by atoms with E-state index in [1.165, 1.54) is 4.90 Å². The van der Waals surface area contributed by atoms with Crippen molar-refractivity contribution >= 4 is 17.7 Å². The zero-order valence-electron chi connectivity index (χ0n) is 13.5. The zero-order valence-corrected chi connectivity index (χ0v) is 14.3. The van der Waals surface area contributed by atoms with Crippen LogP contribution < -0.4 is 10.5 Å². The molecule has 1 unspecified atom stereocenters. The monoisotopic (exact) mass is 309 g/mol. The minimum absolute atomic E-state index is 0.467. The Morgan fingerprint density at radius 2 is 2.00 bits per heavy atom. The molecule has 0 heterocycles. The number of ether oxygens (including phenoxy) is 1. The standard InChI is InChI=1S/C16H27N3OS/c1-5-19(6-2)16(17)18-11-13(3)12-21-15-10-8-7-9-14(15)20-4/h7-10,13H,5-6,11-12H2,1-4H3,(H2,17,18). The quantitative estimate of drug-likeness (QED) is 0.455. The van der Waals surface area contributed by atoms with Gasteiger partial charge in [-0.1, -0.05) is 19.1 Å². The van der Waals surface area contributed by atoms with E-state index in [9.17, 15) is 0 Å². The van der Waals surface area contributed by atoms with Gasteiger partial charge in [-0.05, 0) is 31.9 Å². The lowest BCUT2D eigenvalue weighted by atomic mass is 10.2. The van der Waals surface area contributed by atoms with Crippen LogP contribution >= 0.6 is 11.8 Å². The van der Waals surface area contributed by atoms with Crippen LogP contribution in [0.5, 0.6) is 5.75 Å². The molecule has 21 heavy (non-hydrogen) atoms. The first-order valence-electron chi connectivity index (χ1n) is 7.43. The Balaban J connectivity index is 2.47. The van der Waals surface area contributed by atoms with Crippen molar-refractivity contribution in [3.8, 4) is 5.75 Å². The van der Waals surface area contributed by atoms with Gasteiger partial charge in [-0.3, -0.25) is 4.99 Å². The summed E-state index contributed by atoms with van der Waals surface area (Å²) >= 11 is 1.80. The lowest BCUT2D eigenvalue weighted by Crippen LogP contribution is -2.37. The van der Waals surface area contributed by atoms with Crippen LogP contribution in [0.15, 0.2) is 34.2 Å². The third-order valence-electron chi connectivity index (χ3n) is 3.24. The Kier molecular flexibility index (Phi) is 8.05. The Morgan fingerprint density at radius 1 is 1.33 bits per heavy atom. The van der Waals surface area contributed by atoms with E-state index in [-0.39, 0.29) is 0 Å². The minimum atomic E-state index is 0.467. The van der Waals surface area contributed by atoms with Gasteiger partial charge < -0.3 is 15.4 Å². The fraction of sp³-hybridized carbons (Fsp3) is 0.562. The van der Waals surface area contributed by atoms with Crippen molar-refractivity contribution in [3.63, 3.8) is 0 Å². The van der Waals surface area contributed by atoms with Crippen LogP contribution in [-0.2, 0) is 0 Å². The highest BCUT2D eigenvalue weighted by atomic mass is 32.2. The van der Waals surface area contributed by atoms with Gasteiger partial charge in [0.25, 0.3) is 0 Å². The molecule has 118 valence electrons. The molecule has 0 aliphatic carbocycles. The third-order valence-corrected chi connectivity index (χ3v) is 4.63. The second-order valence-corrected chi connectivity index (χ2v) is 6.00. The van der Waals surface area contributed by atoms with Gasteiger partial charge >= 0.3 is 0 Å². The maximum absolute atomic E-state index is 5.99. The molecule has 0 saturated heterocycles. The highest BCUT2D eigenvalue weighted by Gasteiger charge is 2.08. The van der Waals surface area contributed by atoms with Crippen molar-refractivity contribution in [2.45, 2.75) is 25.7 Å². The Labute approximate surface area is 132 Å². The van der Waals surface area contributed by atoms with Crippen LogP contribution in [-0.4, -0.2) is 43.4 Å². The van der Waals surface area contributed by atoms with E-state index < -0.39 is 0 Å². The molecule has 0 bridgehead atoms. The SMILES string of the molecule is CCN(CC)C(N)=NCC(C)CSc1ccccc1OC. The molecule has 1 rings (SSSR count). The summed E-state index contributed by atoms with van der Waals surface area (Å²) < 4.78 is 5.36. The van der Waals surface area contributed by atoms with Gasteiger partial charge in [-0.25, -0.2) is 0 Å². The van der Waals surface area contributed by atoms with Crippen LogP contribution in [0.1, 0.15) is 20.8 Å². The Bertz CT molecular complexity index is 447. The lowest BCUT2D eigenvalue weighted by molar-refractivity contribution is 0.405. The molecule has 0 aromatic heterocycles. The van der Waals surface area contributed by atoms with E-state index >= 15 is 0 Å². The molecule has 1 atom stereocenters. The van der Waals surface area contributed by atoms with Gasteiger partial charge in [0.05, 0.1) is 7.11 Å². The molecule has 0 aliphatic heterocycles. The summed E-state index contributed by atoms with van der Waals surface area (Å²) in [5.74, 6) is 3.04. The second kappa shape index (κ2) is 9.55. The molecule has 5 heteroatoms. The number of rotatable bonds is 8. The zero-order chi connectivity index (χ0) is 15.7. The van der Waals surface area contributed by atoms with Crippen molar-refractivity contribution in [3.05, 3.63) is 24.3 Å². The summed E-state index contributed by atoms with van der Waals surface area (Å²) in [7, 11) is 1.71. The number of thioether (sulfide) groups is 1. The second-order valence-electron chi connectivity index (χ2n) is 4.94. The van der Waals surface area contributed by atoms with Crippen LogP contribution in [0.25, 0.3) is 0 Å². The van der Waals surface area contributed by atoms with Gasteiger partial charge in [-0.15, -0.1) is 11.8 Å². The van der Waals surface area contributed by atoms with Gasteiger partial charge in [-0.2, -0.15) is 0 Å². The Hall–Kier alpha value is -1.36. The molecule has 0 spiro atoms. The van der Waals surface area contributed by atoms with E-state index in [1.54, 1.807) is 18.9 Å². The maximum Gasteiger partial charge on any atom is 0.191 e. The summed E-state index contributed by atoms with van der Waals surface area (Å²) in [6, 6.07) is 8.10. The van der Waals surface area contributed by atoms with Crippen LogP contribution in [0.3, 0.4) is 0 Å². The molecule has 0 saturated carbocycles. The molecule has 0 fully saturated rings. The van der Waals surface area contributed by atoms with Gasteiger partial charge in [0.2, 0.25) is 0 Å². The summed E-state index contributed by atoms with van der Waals surface area (Å²) in [5.41, 5.74) is 5.99. The van der Waals surface area contributed by atoms with Crippen molar-refractivity contribution in [1.82, 2.24) is 4.90 Å². The number of aliphatic imine (C=N–C) groups is 1. The fourth-order valence-electron chi connectivity index (χ4n) is 1.92. The third kappa shape index (κ3) is 5.87. The molecule has 2 N–H and O–H groups in total. The molecule has 0 radical (unpaired) electrons. The van der Waals surface area contributed by atoms with Crippen molar-refractivity contribution in [1.29, 1.82) is 0 Å². The smallest absolute Gasteiger partial charge is 0.191 e. The van der Waals surface area contributed by atoms with E-state index in [2.05, 4.69) is 36.7 Å². The summed E-state index contributed by atoms with van der Waals surface area (Å²) in [5, 5.41) is 0. The molecule has 0 amide bonds. The first-order valence-corrected chi connectivity index (χ1v) is 8.41. The Morgan fingerprint density at radius 3 is 2.62 bits per heavy atom. The maximum atomic E-state index is 5.99. The van der Waals surface area contributed by atoms with Crippen molar-refractivity contribution < 1.29 is 4.74 Å². The number of methoxy groups -OCH3 is 1. The first-order chi connectivity index (χ1) is 10.1. The number of para-hydroxylation sites is 1. The first kappa shape index (κ1) is 17.7. The van der Waals surface area contributed by atoms with Crippen molar-refractivity contribution in [2.75, 3.05) is 32.5 Å². The molecular weight excluding hydrogens is 282 g/mol. The van der Waals surface area contributed by atoms with Gasteiger partial charge in [0, 0.05) is 30.3 Å². The average molecular weight is 309 g/mol. The average Bonchev–Trinajstić information content (AvgIpc) is 2.52.